The van der Waals surface area contributed by atoms with Gasteiger partial charge in [0.1, 0.15) is 0 Å². The summed E-state index contributed by atoms with van der Waals surface area (Å²) >= 11 is 0. The summed E-state index contributed by atoms with van der Waals surface area (Å²) in [4.78, 5) is 26.8. The molecule has 376 valence electrons. The van der Waals surface area contributed by atoms with E-state index in [1.807, 2.05) is 18.2 Å². The fourth-order valence-corrected chi connectivity index (χ4v) is 8.75. The maximum atomic E-state index is 13.4. The number of carbonyl (C=O) groups is 2. The summed E-state index contributed by atoms with van der Waals surface area (Å²) < 4.78 is 48.5. The number of halogens is 1. The molecular formula is C58H84ClNO8. The molecule has 1 heterocycles. The number of rotatable bonds is 36. The molecule has 68 heavy (non-hydrogen) atoms. The molecule has 0 bridgehead atoms. The van der Waals surface area contributed by atoms with E-state index in [-0.39, 0.29) is 25.2 Å². The Morgan fingerprint density at radius 2 is 0.676 bits per heavy atom. The smallest absolute Gasteiger partial charge is 0.306 e. The van der Waals surface area contributed by atoms with Gasteiger partial charge in [0.15, 0.2) is 13.2 Å². The Bertz CT molecular complexity index is 1760. The van der Waals surface area contributed by atoms with Crippen LogP contribution in [0, 0.1) is 10.2 Å². The highest BCUT2D eigenvalue weighted by Crippen LogP contribution is 2.31. The summed E-state index contributed by atoms with van der Waals surface area (Å²) in [5, 5.41) is 0. The third-order valence-corrected chi connectivity index (χ3v) is 12.6. The molecule has 10 heteroatoms. The molecule has 0 spiro atoms. The van der Waals surface area contributed by atoms with Gasteiger partial charge in [-0.05, 0) is 48.2 Å². The first-order valence-corrected chi connectivity index (χ1v) is 27.5. The van der Waals surface area contributed by atoms with E-state index in [0.717, 1.165) is 72.2 Å². The van der Waals surface area contributed by atoms with Crippen LogP contribution in [-0.4, -0.2) is 25.2 Å². The second-order valence-electron chi connectivity index (χ2n) is 18.4. The zero-order valence-corrected chi connectivity index (χ0v) is 42.5. The Hall–Kier alpha value is -4.12. The number of hydrogen-bond acceptors (Lipinski definition) is 8. The molecule has 0 unspecified atom stereocenters. The summed E-state index contributed by atoms with van der Waals surface area (Å²) in [7, 11) is -4.94. The third-order valence-electron chi connectivity index (χ3n) is 12.6. The van der Waals surface area contributed by atoms with E-state index in [0.29, 0.717) is 12.8 Å². The van der Waals surface area contributed by atoms with Crippen molar-refractivity contribution in [2.45, 2.75) is 200 Å². The number of pyridine rings is 1. The van der Waals surface area contributed by atoms with Crippen LogP contribution in [0.15, 0.2) is 103 Å². The first-order valence-electron chi connectivity index (χ1n) is 26.3. The van der Waals surface area contributed by atoms with Gasteiger partial charge in [-0.25, -0.2) is 18.6 Å². The highest BCUT2D eigenvalue weighted by atomic mass is 35.7. The molecular weight excluding hydrogens is 874 g/mol. The minimum absolute atomic E-state index is 0.109. The van der Waals surface area contributed by atoms with Gasteiger partial charge in [0.2, 0.25) is 17.4 Å². The van der Waals surface area contributed by atoms with E-state index in [1.165, 1.54) is 128 Å². The summed E-state index contributed by atoms with van der Waals surface area (Å²) in [6, 6.07) is 35.2. The standard InChI is InChI=1S/C58H84NO4.ClHO4/c1-3-5-7-9-11-13-15-17-19-21-23-25-36-44-57(60)62-48-54(49-63-58(61)45-37-26-24-22-20-18-16-14-12-10-8-6-4-2)59-55(51-40-32-28-33-41-51)46-53(50-38-30-27-31-39-50)47-56(59)52-42-34-29-35-43-52;2-1(3,4)5/h27-35,38-43,46-47,54H,3-26,36-37,44-45,48-49H2,1-2H3;(H,2,3,4,5)/q+1;/p-1. The molecule has 0 atom stereocenters. The molecule has 0 fully saturated rings. The highest BCUT2D eigenvalue weighted by Gasteiger charge is 2.32. The molecule has 0 aliphatic rings. The average Bonchev–Trinajstić information content (AvgIpc) is 3.34. The number of nitrogens with zero attached hydrogens (tertiary/aromatic N) is 1. The lowest BCUT2D eigenvalue weighted by Crippen LogP contribution is -2.68. The van der Waals surface area contributed by atoms with E-state index >= 15 is 0 Å². The molecule has 0 saturated carbocycles. The van der Waals surface area contributed by atoms with Gasteiger partial charge in [-0.2, -0.15) is 4.57 Å². The molecule has 0 radical (unpaired) electrons. The van der Waals surface area contributed by atoms with Crippen molar-refractivity contribution in [2.24, 2.45) is 0 Å². The lowest BCUT2D eigenvalue weighted by molar-refractivity contribution is -2.00. The number of aromatic nitrogens is 1. The topological polar surface area (TPSA) is 149 Å². The Morgan fingerprint density at radius 1 is 0.412 bits per heavy atom. The van der Waals surface area contributed by atoms with E-state index in [1.54, 1.807) is 0 Å². The van der Waals surface area contributed by atoms with Crippen LogP contribution < -0.4 is 23.2 Å². The Morgan fingerprint density at radius 3 is 0.971 bits per heavy atom. The maximum Gasteiger partial charge on any atom is 0.306 e. The zero-order valence-electron chi connectivity index (χ0n) is 41.7. The van der Waals surface area contributed by atoms with Crippen LogP contribution in [-0.2, 0) is 19.1 Å². The van der Waals surface area contributed by atoms with Crippen LogP contribution in [0.25, 0.3) is 33.6 Å². The number of hydrogen-bond donors (Lipinski definition) is 0. The zero-order chi connectivity index (χ0) is 48.9. The van der Waals surface area contributed by atoms with E-state index in [2.05, 4.69) is 103 Å². The van der Waals surface area contributed by atoms with Crippen LogP contribution in [0.5, 0.6) is 0 Å². The number of benzene rings is 3. The molecule has 4 rings (SSSR count). The normalized spacial score (nSPS) is 11.3. The minimum atomic E-state index is -4.94. The molecule has 0 aliphatic heterocycles. The Kier molecular flexibility index (Phi) is 31.5. The predicted octanol–water partition coefficient (Wildman–Crippen LogP) is 11.8. The maximum absolute atomic E-state index is 13.4. The molecule has 1 aromatic heterocycles. The summed E-state index contributed by atoms with van der Waals surface area (Å²) in [6.45, 7) is 4.77. The molecule has 9 nitrogen and oxygen atoms in total. The van der Waals surface area contributed by atoms with Crippen molar-refractivity contribution in [3.8, 4) is 33.6 Å². The van der Waals surface area contributed by atoms with Crippen molar-refractivity contribution in [3.63, 3.8) is 0 Å². The van der Waals surface area contributed by atoms with Crippen LogP contribution in [0.4, 0.5) is 0 Å². The van der Waals surface area contributed by atoms with Crippen molar-refractivity contribution in [1.29, 1.82) is 0 Å². The van der Waals surface area contributed by atoms with Gasteiger partial charge in [-0.15, -0.1) is 10.2 Å². The highest BCUT2D eigenvalue weighted by molar-refractivity contribution is 5.74. The molecule has 3 aromatic carbocycles. The SMILES string of the molecule is CCCCCCCCCCCCCCCC(=O)OCC(COC(=O)CCCCCCCCCCCCCCC)[n+]1c(-c2ccccc2)cc(-c2ccccc2)cc1-c1ccccc1.[O-][Cl+3]([O-])([O-])[O-]. The quantitative estimate of drug-likeness (QED) is 0.0248. The monoisotopic (exact) mass is 958 g/mol. The van der Waals surface area contributed by atoms with Gasteiger partial charge in [0.05, 0.1) is 0 Å². The first kappa shape index (κ1) is 58.2. The van der Waals surface area contributed by atoms with Crippen LogP contribution in [0.3, 0.4) is 0 Å². The van der Waals surface area contributed by atoms with E-state index < -0.39 is 16.3 Å². The van der Waals surface area contributed by atoms with Gasteiger partial charge in [0.25, 0.3) is 0 Å². The van der Waals surface area contributed by atoms with Gasteiger partial charge >= 0.3 is 11.9 Å². The molecule has 0 amide bonds. The lowest BCUT2D eigenvalue weighted by atomic mass is 9.98. The summed E-state index contributed by atoms with van der Waals surface area (Å²) in [6.07, 6.45) is 33.6. The van der Waals surface area contributed by atoms with Crippen LogP contribution in [0.1, 0.15) is 200 Å². The number of carbonyl (C=O) groups excluding carboxylic acids is 2. The van der Waals surface area contributed by atoms with Crippen LogP contribution >= 0.6 is 0 Å². The third kappa shape index (κ3) is 27.2. The van der Waals surface area contributed by atoms with Crippen molar-refractivity contribution >= 4 is 11.9 Å². The number of unbranched alkanes of at least 4 members (excludes halogenated alkanes) is 24. The molecule has 0 N–H and O–H groups in total. The van der Waals surface area contributed by atoms with Crippen molar-refractivity contribution in [1.82, 2.24) is 0 Å². The van der Waals surface area contributed by atoms with Crippen molar-refractivity contribution in [3.05, 3.63) is 103 Å². The summed E-state index contributed by atoms with van der Waals surface area (Å²) in [5.41, 5.74) is 6.22. The van der Waals surface area contributed by atoms with Gasteiger partial charge < -0.3 is 9.47 Å². The Labute approximate surface area is 412 Å². The Balaban J connectivity index is 0.00000232. The van der Waals surface area contributed by atoms with E-state index in [9.17, 15) is 9.59 Å². The van der Waals surface area contributed by atoms with E-state index in [4.69, 9.17) is 28.1 Å². The van der Waals surface area contributed by atoms with Crippen molar-refractivity contribution in [2.75, 3.05) is 13.2 Å². The predicted molar refractivity (Wildman–Crippen MR) is 265 cm³/mol. The van der Waals surface area contributed by atoms with Gasteiger partial charge in [-0.1, -0.05) is 235 Å². The summed E-state index contributed by atoms with van der Waals surface area (Å²) in [5.74, 6) is -0.379. The average molecular weight is 959 g/mol. The van der Waals surface area contributed by atoms with Crippen LogP contribution in [0.2, 0.25) is 0 Å². The fraction of sp³-hybridized carbons (Fsp3) is 0.569. The second kappa shape index (κ2) is 36.8. The minimum Gasteiger partial charge on any atom is -0.458 e. The first-order chi connectivity index (χ1) is 33.1. The molecule has 0 saturated heterocycles. The number of ether oxygens (including phenoxy) is 2. The van der Waals surface area contributed by atoms with Gasteiger partial charge in [-0.3, -0.25) is 9.59 Å². The number of esters is 2. The van der Waals surface area contributed by atoms with Crippen molar-refractivity contribution < 1.29 is 52.5 Å². The fourth-order valence-electron chi connectivity index (χ4n) is 8.75. The molecule has 0 aliphatic carbocycles. The lowest BCUT2D eigenvalue weighted by Gasteiger charge is -2.20. The largest absolute Gasteiger partial charge is 0.458 e. The molecule has 4 aromatic rings. The van der Waals surface area contributed by atoms with Gasteiger partial charge in [0, 0.05) is 36.1 Å². The second-order valence-corrected chi connectivity index (χ2v) is 19.1.